The van der Waals surface area contributed by atoms with Crippen LogP contribution in [0.15, 0.2) is 47.4 Å². The number of aryl methyl sites for hydroxylation is 1. The molecule has 2 amide bonds. The average molecular weight is 367 g/mol. The van der Waals surface area contributed by atoms with Crippen molar-refractivity contribution in [2.75, 3.05) is 6.26 Å². The predicted molar refractivity (Wildman–Crippen MR) is 90.7 cm³/mol. The summed E-state index contributed by atoms with van der Waals surface area (Å²) in [6.45, 7) is 1.67. The van der Waals surface area contributed by atoms with Gasteiger partial charge in [0.15, 0.2) is 9.84 Å². The van der Waals surface area contributed by atoms with Crippen molar-refractivity contribution < 1.29 is 18.0 Å². The quantitative estimate of drug-likeness (QED) is 0.814. The Morgan fingerprint density at radius 2 is 1.54 bits per heavy atom. The van der Waals surface area contributed by atoms with Crippen molar-refractivity contribution in [1.29, 1.82) is 0 Å². The van der Waals surface area contributed by atoms with Gasteiger partial charge in [-0.25, -0.2) is 8.42 Å². The predicted octanol–water partition coefficient (Wildman–Crippen LogP) is 2.13. The number of halogens is 1. The molecule has 0 fully saturated rings. The van der Waals surface area contributed by atoms with Crippen LogP contribution in [0.2, 0.25) is 5.02 Å². The van der Waals surface area contributed by atoms with E-state index in [4.69, 9.17) is 11.6 Å². The van der Waals surface area contributed by atoms with Gasteiger partial charge in [-0.05, 0) is 48.9 Å². The summed E-state index contributed by atoms with van der Waals surface area (Å²) in [4.78, 5) is 24.2. The number of amides is 2. The summed E-state index contributed by atoms with van der Waals surface area (Å²) in [5, 5.41) is 0.490. The van der Waals surface area contributed by atoms with Crippen LogP contribution >= 0.6 is 11.6 Å². The Labute approximate surface area is 144 Å². The molecular formula is C16H15ClN2O4S. The second-order valence-electron chi connectivity index (χ2n) is 5.16. The molecule has 0 bridgehead atoms. The lowest BCUT2D eigenvalue weighted by atomic mass is 10.1. The molecule has 0 saturated heterocycles. The van der Waals surface area contributed by atoms with E-state index in [1.807, 2.05) is 0 Å². The van der Waals surface area contributed by atoms with Gasteiger partial charge >= 0.3 is 0 Å². The van der Waals surface area contributed by atoms with Crippen LogP contribution in [0, 0.1) is 6.92 Å². The van der Waals surface area contributed by atoms with Gasteiger partial charge in [0.1, 0.15) is 0 Å². The van der Waals surface area contributed by atoms with Gasteiger partial charge in [-0.15, -0.1) is 0 Å². The highest BCUT2D eigenvalue weighted by Crippen LogP contribution is 2.15. The Morgan fingerprint density at radius 3 is 2.12 bits per heavy atom. The van der Waals surface area contributed by atoms with Crippen molar-refractivity contribution in [1.82, 2.24) is 10.9 Å². The molecule has 0 aromatic heterocycles. The maximum atomic E-state index is 12.2. The average Bonchev–Trinajstić information content (AvgIpc) is 2.52. The van der Waals surface area contributed by atoms with E-state index in [9.17, 15) is 18.0 Å². The van der Waals surface area contributed by atoms with E-state index in [0.29, 0.717) is 16.1 Å². The van der Waals surface area contributed by atoms with Crippen molar-refractivity contribution in [3.8, 4) is 0 Å². The molecule has 2 aromatic rings. The van der Waals surface area contributed by atoms with Gasteiger partial charge < -0.3 is 0 Å². The zero-order chi connectivity index (χ0) is 17.9. The van der Waals surface area contributed by atoms with Crippen molar-refractivity contribution in [2.45, 2.75) is 11.8 Å². The topological polar surface area (TPSA) is 92.3 Å². The minimum absolute atomic E-state index is 0.0299. The molecule has 0 spiro atoms. The minimum atomic E-state index is -3.43. The molecule has 0 radical (unpaired) electrons. The first-order chi connectivity index (χ1) is 11.2. The van der Waals surface area contributed by atoms with Crippen LogP contribution in [-0.4, -0.2) is 26.5 Å². The third-order valence-corrected chi connectivity index (χ3v) is 4.64. The smallest absolute Gasteiger partial charge is 0.267 e. The van der Waals surface area contributed by atoms with E-state index in [0.717, 1.165) is 6.26 Å². The van der Waals surface area contributed by atoms with E-state index in [1.54, 1.807) is 19.1 Å². The molecule has 6 nitrogen and oxygen atoms in total. The fourth-order valence-corrected chi connectivity index (χ4v) is 2.70. The summed E-state index contributed by atoms with van der Waals surface area (Å²) in [6, 6.07) is 10.4. The Balaban J connectivity index is 2.12. The zero-order valence-electron chi connectivity index (χ0n) is 13.0. The number of benzene rings is 2. The fraction of sp³-hybridized carbons (Fsp3) is 0.125. The molecule has 0 unspecified atom stereocenters. The highest BCUT2D eigenvalue weighted by Gasteiger charge is 2.15. The third kappa shape index (κ3) is 4.33. The monoisotopic (exact) mass is 366 g/mol. The Kier molecular flexibility index (Phi) is 5.26. The number of rotatable bonds is 3. The lowest BCUT2D eigenvalue weighted by Gasteiger charge is -2.10. The summed E-state index contributed by atoms with van der Waals surface area (Å²) in [5.41, 5.74) is 5.60. The van der Waals surface area contributed by atoms with Crippen LogP contribution in [0.3, 0.4) is 0 Å². The maximum Gasteiger partial charge on any atom is 0.270 e. The number of hydrazine groups is 1. The van der Waals surface area contributed by atoms with Gasteiger partial charge in [0, 0.05) is 22.4 Å². The summed E-state index contributed by atoms with van der Waals surface area (Å²) in [7, 11) is -3.43. The Morgan fingerprint density at radius 1 is 0.958 bits per heavy atom. The summed E-state index contributed by atoms with van der Waals surface area (Å²) >= 11 is 5.74. The van der Waals surface area contributed by atoms with Crippen LogP contribution in [0.4, 0.5) is 0 Å². The molecule has 24 heavy (non-hydrogen) atoms. The number of hydrogen-bond acceptors (Lipinski definition) is 4. The standard InChI is InChI=1S/C16H15ClN2O4S/c1-10-3-8-13(24(2,22)23)9-14(10)16(21)19-18-15(20)11-4-6-12(17)7-5-11/h3-9H,1-2H3,(H,18,20)(H,19,21). The number of nitrogens with one attached hydrogen (secondary N) is 2. The first-order valence-electron chi connectivity index (χ1n) is 6.85. The van der Waals surface area contributed by atoms with Crippen LogP contribution in [0.5, 0.6) is 0 Å². The first kappa shape index (κ1) is 18.0. The second kappa shape index (κ2) is 7.02. The van der Waals surface area contributed by atoms with Gasteiger partial charge in [-0.3, -0.25) is 20.4 Å². The molecule has 0 aliphatic carbocycles. The van der Waals surface area contributed by atoms with Crippen LogP contribution in [0.1, 0.15) is 26.3 Å². The molecule has 8 heteroatoms. The van der Waals surface area contributed by atoms with Gasteiger partial charge in [0.05, 0.1) is 4.90 Å². The van der Waals surface area contributed by atoms with Crippen molar-refractivity contribution in [3.05, 3.63) is 64.2 Å². The van der Waals surface area contributed by atoms with E-state index in [2.05, 4.69) is 10.9 Å². The van der Waals surface area contributed by atoms with Gasteiger partial charge in [0.25, 0.3) is 11.8 Å². The number of carbonyl (C=O) groups excluding carboxylic acids is 2. The molecule has 2 rings (SSSR count). The normalized spacial score (nSPS) is 11.0. The van der Waals surface area contributed by atoms with Gasteiger partial charge in [-0.1, -0.05) is 17.7 Å². The Bertz CT molecular complexity index is 893. The number of sulfone groups is 1. The molecule has 2 aromatic carbocycles. The maximum absolute atomic E-state index is 12.2. The summed E-state index contributed by atoms with van der Waals surface area (Å²) in [5.74, 6) is -1.13. The highest BCUT2D eigenvalue weighted by molar-refractivity contribution is 7.90. The molecule has 0 saturated carbocycles. The third-order valence-electron chi connectivity index (χ3n) is 3.28. The van der Waals surface area contributed by atoms with Gasteiger partial charge in [0.2, 0.25) is 0 Å². The molecule has 0 aliphatic heterocycles. The lowest BCUT2D eigenvalue weighted by Crippen LogP contribution is -2.41. The number of carbonyl (C=O) groups is 2. The molecule has 0 aliphatic rings. The van der Waals surface area contributed by atoms with Crippen molar-refractivity contribution in [3.63, 3.8) is 0 Å². The second-order valence-corrected chi connectivity index (χ2v) is 7.62. The highest BCUT2D eigenvalue weighted by atomic mass is 35.5. The van der Waals surface area contributed by atoms with Crippen LogP contribution < -0.4 is 10.9 Å². The largest absolute Gasteiger partial charge is 0.270 e. The lowest BCUT2D eigenvalue weighted by molar-refractivity contribution is 0.0846. The Hall–Kier alpha value is -2.38. The van der Waals surface area contributed by atoms with E-state index < -0.39 is 21.7 Å². The zero-order valence-corrected chi connectivity index (χ0v) is 14.5. The fourth-order valence-electron chi connectivity index (χ4n) is 1.93. The summed E-state index contributed by atoms with van der Waals surface area (Å²) in [6.07, 6.45) is 1.06. The molecule has 0 heterocycles. The van der Waals surface area contributed by atoms with E-state index in [-0.39, 0.29) is 10.5 Å². The molecule has 126 valence electrons. The van der Waals surface area contributed by atoms with Gasteiger partial charge in [-0.2, -0.15) is 0 Å². The van der Waals surface area contributed by atoms with Crippen LogP contribution in [-0.2, 0) is 9.84 Å². The van der Waals surface area contributed by atoms with E-state index >= 15 is 0 Å². The minimum Gasteiger partial charge on any atom is -0.267 e. The van der Waals surface area contributed by atoms with Crippen molar-refractivity contribution in [2.24, 2.45) is 0 Å². The first-order valence-corrected chi connectivity index (χ1v) is 9.12. The SMILES string of the molecule is Cc1ccc(S(C)(=O)=O)cc1C(=O)NNC(=O)c1ccc(Cl)cc1. The summed E-state index contributed by atoms with van der Waals surface area (Å²) < 4.78 is 23.2. The molecular weight excluding hydrogens is 352 g/mol. The van der Waals surface area contributed by atoms with Crippen LogP contribution in [0.25, 0.3) is 0 Å². The molecule has 2 N–H and O–H groups in total. The molecule has 0 atom stereocenters. The van der Waals surface area contributed by atoms with E-state index in [1.165, 1.54) is 30.3 Å². The van der Waals surface area contributed by atoms with Crippen molar-refractivity contribution >= 4 is 33.3 Å². The number of hydrogen-bond donors (Lipinski definition) is 2.